The third kappa shape index (κ3) is 5.37. The molecule has 26 heavy (non-hydrogen) atoms. The van der Waals surface area contributed by atoms with E-state index in [-0.39, 0.29) is 24.6 Å². The molecule has 6 heteroatoms. The quantitative estimate of drug-likeness (QED) is 0.558. The summed E-state index contributed by atoms with van der Waals surface area (Å²) in [5, 5.41) is 5.93. The molecule has 0 aliphatic heterocycles. The van der Waals surface area contributed by atoms with Gasteiger partial charge in [-0.3, -0.25) is 0 Å². The minimum Gasteiger partial charge on any atom is -0.461 e. The van der Waals surface area contributed by atoms with Gasteiger partial charge in [0.2, 0.25) is 0 Å². The Balaban J connectivity index is 2.47. The molecule has 0 unspecified atom stereocenters. The smallest absolute Gasteiger partial charge is 0.357 e. The molecule has 0 bridgehead atoms. The van der Waals surface area contributed by atoms with Crippen LogP contribution in [0.15, 0.2) is 72.1 Å². The number of carbonyl (C=O) groups excluding carboxylic acids is 2. The molecule has 2 N–H and O–H groups in total. The molecule has 0 amide bonds. The summed E-state index contributed by atoms with van der Waals surface area (Å²) < 4.78 is 10.2. The standard InChI is InChI=1S/C20H22N2O4/c1-3-25-19(23)17(21-15-11-7-5-8-12-15)18(20(24)26-4-2)22-16-13-9-6-10-14-16/h5-14,21-22H,3-4H2,1-2H3/b18-17+. The number of carbonyl (C=O) groups is 2. The van der Waals surface area contributed by atoms with Crippen molar-refractivity contribution in [2.24, 2.45) is 0 Å². The van der Waals surface area contributed by atoms with Gasteiger partial charge in [-0.1, -0.05) is 36.4 Å². The predicted octanol–water partition coefficient (Wildman–Crippen LogP) is 3.55. The summed E-state index contributed by atoms with van der Waals surface area (Å²) >= 11 is 0. The summed E-state index contributed by atoms with van der Waals surface area (Å²) in [6.07, 6.45) is 0. The van der Waals surface area contributed by atoms with Crippen molar-refractivity contribution in [3.05, 3.63) is 72.1 Å². The first-order valence-corrected chi connectivity index (χ1v) is 8.38. The highest BCUT2D eigenvalue weighted by Gasteiger charge is 2.24. The van der Waals surface area contributed by atoms with Crippen LogP contribution >= 0.6 is 0 Å². The van der Waals surface area contributed by atoms with Crippen LogP contribution in [-0.4, -0.2) is 25.2 Å². The summed E-state index contributed by atoms with van der Waals surface area (Å²) in [7, 11) is 0. The molecule has 2 aromatic carbocycles. The predicted molar refractivity (Wildman–Crippen MR) is 100 cm³/mol. The van der Waals surface area contributed by atoms with Crippen molar-refractivity contribution in [3.8, 4) is 0 Å². The van der Waals surface area contributed by atoms with Crippen LogP contribution in [0.5, 0.6) is 0 Å². The van der Waals surface area contributed by atoms with E-state index in [2.05, 4.69) is 10.6 Å². The fourth-order valence-corrected chi connectivity index (χ4v) is 2.17. The van der Waals surface area contributed by atoms with E-state index >= 15 is 0 Å². The summed E-state index contributed by atoms with van der Waals surface area (Å²) in [6.45, 7) is 3.76. The second-order valence-electron chi connectivity index (χ2n) is 5.17. The third-order valence-corrected chi connectivity index (χ3v) is 3.30. The van der Waals surface area contributed by atoms with E-state index in [4.69, 9.17) is 9.47 Å². The Morgan fingerprint density at radius 3 is 1.35 bits per heavy atom. The lowest BCUT2D eigenvalue weighted by molar-refractivity contribution is -0.141. The molecule has 0 aromatic heterocycles. The number of benzene rings is 2. The molecule has 0 aliphatic rings. The lowest BCUT2D eigenvalue weighted by Crippen LogP contribution is -2.25. The highest BCUT2D eigenvalue weighted by atomic mass is 16.5. The van der Waals surface area contributed by atoms with E-state index in [1.54, 1.807) is 38.1 Å². The molecule has 6 nitrogen and oxygen atoms in total. The first-order valence-electron chi connectivity index (χ1n) is 8.38. The van der Waals surface area contributed by atoms with E-state index < -0.39 is 11.9 Å². The fraction of sp³-hybridized carbons (Fsp3) is 0.200. The molecule has 0 saturated heterocycles. The number of rotatable bonds is 8. The van der Waals surface area contributed by atoms with Crippen molar-refractivity contribution >= 4 is 23.3 Å². The van der Waals surface area contributed by atoms with Crippen LogP contribution in [0.1, 0.15) is 13.8 Å². The van der Waals surface area contributed by atoms with Crippen LogP contribution in [0.2, 0.25) is 0 Å². The molecule has 0 atom stereocenters. The molecule has 0 fully saturated rings. The molecule has 0 saturated carbocycles. The molecular formula is C20H22N2O4. The van der Waals surface area contributed by atoms with Crippen molar-refractivity contribution in [2.45, 2.75) is 13.8 Å². The lowest BCUT2D eigenvalue weighted by Gasteiger charge is -2.17. The van der Waals surface area contributed by atoms with Crippen LogP contribution in [0, 0.1) is 0 Å². The summed E-state index contributed by atoms with van der Waals surface area (Å²) in [6, 6.07) is 18.1. The van der Waals surface area contributed by atoms with Crippen molar-refractivity contribution in [1.29, 1.82) is 0 Å². The molecule has 0 spiro atoms. The molecule has 2 rings (SSSR count). The zero-order valence-electron chi connectivity index (χ0n) is 14.8. The molecular weight excluding hydrogens is 332 g/mol. The Bertz CT molecular complexity index is 692. The van der Waals surface area contributed by atoms with Crippen molar-refractivity contribution in [3.63, 3.8) is 0 Å². The number of hydrogen-bond acceptors (Lipinski definition) is 6. The fourth-order valence-electron chi connectivity index (χ4n) is 2.17. The first-order chi connectivity index (χ1) is 12.7. The summed E-state index contributed by atoms with van der Waals surface area (Å²) in [5.41, 5.74) is 1.26. The monoisotopic (exact) mass is 354 g/mol. The van der Waals surface area contributed by atoms with E-state index in [9.17, 15) is 9.59 Å². The summed E-state index contributed by atoms with van der Waals surface area (Å²) in [5.74, 6) is -1.30. The van der Waals surface area contributed by atoms with E-state index in [0.29, 0.717) is 11.4 Å². The topological polar surface area (TPSA) is 76.7 Å². The highest BCUT2D eigenvalue weighted by molar-refractivity contribution is 6.04. The van der Waals surface area contributed by atoms with Crippen molar-refractivity contribution in [2.75, 3.05) is 23.8 Å². The zero-order chi connectivity index (χ0) is 18.8. The normalized spacial score (nSPS) is 11.2. The van der Waals surface area contributed by atoms with Crippen LogP contribution in [-0.2, 0) is 19.1 Å². The van der Waals surface area contributed by atoms with E-state index in [1.165, 1.54) is 0 Å². The minimum absolute atomic E-state index is 0.0136. The highest BCUT2D eigenvalue weighted by Crippen LogP contribution is 2.18. The van der Waals surface area contributed by atoms with Crippen molar-refractivity contribution in [1.82, 2.24) is 0 Å². The maximum absolute atomic E-state index is 12.5. The Hall–Kier alpha value is -3.28. The second kappa shape index (κ2) is 9.88. The zero-order valence-corrected chi connectivity index (χ0v) is 14.8. The number of anilines is 2. The van der Waals surface area contributed by atoms with Gasteiger partial charge in [0.1, 0.15) is 0 Å². The van der Waals surface area contributed by atoms with Gasteiger partial charge in [0.15, 0.2) is 11.4 Å². The molecule has 0 radical (unpaired) electrons. The Kier molecular flexibility index (Phi) is 7.24. The minimum atomic E-state index is -0.650. The maximum Gasteiger partial charge on any atom is 0.357 e. The van der Waals surface area contributed by atoms with Gasteiger partial charge in [0.25, 0.3) is 0 Å². The van der Waals surface area contributed by atoms with E-state index in [0.717, 1.165) is 0 Å². The second-order valence-corrected chi connectivity index (χ2v) is 5.17. The van der Waals surface area contributed by atoms with Gasteiger partial charge < -0.3 is 20.1 Å². The number of ether oxygens (including phenoxy) is 2. The average Bonchev–Trinajstić information content (AvgIpc) is 2.66. The van der Waals surface area contributed by atoms with Gasteiger partial charge in [-0.15, -0.1) is 0 Å². The van der Waals surface area contributed by atoms with Gasteiger partial charge in [0, 0.05) is 11.4 Å². The van der Waals surface area contributed by atoms with Gasteiger partial charge >= 0.3 is 11.9 Å². The Labute approximate surface area is 152 Å². The van der Waals surface area contributed by atoms with Gasteiger partial charge in [-0.25, -0.2) is 9.59 Å². The first kappa shape index (κ1) is 19.1. The van der Waals surface area contributed by atoms with Crippen molar-refractivity contribution < 1.29 is 19.1 Å². The third-order valence-electron chi connectivity index (χ3n) is 3.30. The Morgan fingerprint density at radius 1 is 0.692 bits per heavy atom. The molecule has 0 aliphatic carbocycles. The van der Waals surface area contributed by atoms with Crippen LogP contribution in [0.25, 0.3) is 0 Å². The van der Waals surface area contributed by atoms with Crippen LogP contribution in [0.4, 0.5) is 11.4 Å². The summed E-state index contributed by atoms with van der Waals surface area (Å²) in [4.78, 5) is 25.0. The van der Waals surface area contributed by atoms with Gasteiger partial charge in [-0.05, 0) is 38.1 Å². The van der Waals surface area contributed by atoms with Gasteiger partial charge in [-0.2, -0.15) is 0 Å². The number of hydrogen-bond donors (Lipinski definition) is 2. The van der Waals surface area contributed by atoms with Crippen LogP contribution < -0.4 is 10.6 Å². The molecule has 136 valence electrons. The molecule has 2 aromatic rings. The lowest BCUT2D eigenvalue weighted by atomic mass is 10.2. The Morgan fingerprint density at radius 2 is 1.04 bits per heavy atom. The van der Waals surface area contributed by atoms with E-state index in [1.807, 2.05) is 36.4 Å². The number of esters is 2. The van der Waals surface area contributed by atoms with Gasteiger partial charge in [0.05, 0.1) is 13.2 Å². The number of nitrogens with one attached hydrogen (secondary N) is 2. The average molecular weight is 354 g/mol. The molecule has 0 heterocycles. The SMILES string of the molecule is CCOC(=O)/C(Nc1ccccc1)=C(\Nc1ccccc1)C(=O)OCC. The largest absolute Gasteiger partial charge is 0.461 e. The van der Waals surface area contributed by atoms with Crippen LogP contribution in [0.3, 0.4) is 0 Å². The number of para-hydroxylation sites is 2. The maximum atomic E-state index is 12.5.